The van der Waals surface area contributed by atoms with Crippen molar-refractivity contribution >= 4 is 34.6 Å². The number of carboxylic acids is 1. The number of thiophene rings is 1. The van der Waals surface area contributed by atoms with Crippen molar-refractivity contribution in [1.82, 2.24) is 9.97 Å². The van der Waals surface area contributed by atoms with Gasteiger partial charge >= 0.3 is 5.97 Å². The van der Waals surface area contributed by atoms with Crippen LogP contribution in [0.25, 0.3) is 0 Å². The minimum atomic E-state index is -0.931. The van der Waals surface area contributed by atoms with Crippen LogP contribution in [0.2, 0.25) is 5.15 Å². The number of nitrogens with zero attached hydrogens (tertiary/aromatic N) is 2. The van der Waals surface area contributed by atoms with Crippen molar-refractivity contribution < 1.29 is 14.6 Å². The predicted octanol–water partition coefficient (Wildman–Crippen LogP) is 5.09. The van der Waals surface area contributed by atoms with Crippen molar-refractivity contribution in [2.45, 2.75) is 58.6 Å². The van der Waals surface area contributed by atoms with Crippen LogP contribution in [0.4, 0.5) is 5.69 Å². The molecular formula is C21H24ClN3O3S. The highest BCUT2D eigenvalue weighted by molar-refractivity contribution is 7.15. The van der Waals surface area contributed by atoms with Crippen molar-refractivity contribution in [2.24, 2.45) is 5.41 Å². The summed E-state index contributed by atoms with van der Waals surface area (Å²) in [5, 5.41) is 13.3. The highest BCUT2D eigenvalue weighted by Crippen LogP contribution is 2.31. The molecule has 6 nitrogen and oxygen atoms in total. The summed E-state index contributed by atoms with van der Waals surface area (Å²) in [7, 11) is 0. The predicted molar refractivity (Wildman–Crippen MR) is 115 cm³/mol. The second kappa shape index (κ2) is 9.02. The third-order valence-electron chi connectivity index (χ3n) is 4.40. The van der Waals surface area contributed by atoms with Crippen LogP contribution in [0.15, 0.2) is 18.5 Å². The Morgan fingerprint density at radius 1 is 1.28 bits per heavy atom. The Labute approximate surface area is 179 Å². The normalized spacial score (nSPS) is 19.2. The van der Waals surface area contributed by atoms with Crippen LogP contribution in [-0.4, -0.2) is 33.2 Å². The summed E-state index contributed by atoms with van der Waals surface area (Å²) in [4.78, 5) is 20.8. The smallest absolute Gasteiger partial charge is 0.348 e. The average Bonchev–Trinajstić information content (AvgIpc) is 3.06. The summed E-state index contributed by atoms with van der Waals surface area (Å²) in [5.74, 6) is 5.80. The third kappa shape index (κ3) is 6.34. The van der Waals surface area contributed by atoms with Crippen molar-refractivity contribution in [2.75, 3.05) is 5.32 Å². The average molecular weight is 434 g/mol. The number of halogens is 1. The number of carbonyl (C=O) groups is 1. The Bertz CT molecular complexity index is 917. The molecule has 0 radical (unpaired) electrons. The topological polar surface area (TPSA) is 84.3 Å². The van der Waals surface area contributed by atoms with Gasteiger partial charge in [-0.2, -0.15) is 0 Å². The number of carboxylic acid groups (broad SMARTS) is 1. The molecule has 1 saturated carbocycles. The molecule has 29 heavy (non-hydrogen) atoms. The second-order valence-corrected chi connectivity index (χ2v) is 9.51. The van der Waals surface area contributed by atoms with E-state index in [9.17, 15) is 9.90 Å². The number of nitrogens with one attached hydrogen (secondary N) is 1. The van der Waals surface area contributed by atoms with E-state index in [1.807, 2.05) is 26.8 Å². The number of hydrogen-bond acceptors (Lipinski definition) is 6. The van der Waals surface area contributed by atoms with Crippen LogP contribution < -0.4 is 10.1 Å². The Morgan fingerprint density at radius 2 is 2.00 bits per heavy atom. The Kier molecular flexibility index (Phi) is 6.66. The van der Waals surface area contributed by atoms with Crippen LogP contribution in [0.5, 0.6) is 5.88 Å². The molecule has 2 aromatic rings. The maximum atomic E-state index is 11.6. The van der Waals surface area contributed by atoms with Crippen molar-refractivity contribution in [1.29, 1.82) is 0 Å². The van der Waals surface area contributed by atoms with Gasteiger partial charge in [-0.15, -0.1) is 11.3 Å². The molecule has 0 saturated heterocycles. The maximum absolute atomic E-state index is 11.6. The largest absolute Gasteiger partial charge is 0.477 e. The molecule has 3 rings (SSSR count). The minimum Gasteiger partial charge on any atom is -0.477 e. The molecule has 1 aliphatic carbocycles. The summed E-state index contributed by atoms with van der Waals surface area (Å²) < 4.78 is 5.87. The maximum Gasteiger partial charge on any atom is 0.348 e. The second-order valence-electron chi connectivity index (χ2n) is 8.07. The fraction of sp³-hybridized carbons (Fsp3) is 0.476. The lowest BCUT2D eigenvalue weighted by Gasteiger charge is -2.29. The van der Waals surface area contributed by atoms with Gasteiger partial charge in [0, 0.05) is 11.5 Å². The highest BCUT2D eigenvalue weighted by atomic mass is 35.5. The first-order valence-electron chi connectivity index (χ1n) is 9.50. The molecule has 0 aromatic carbocycles. The Hall–Kier alpha value is -2.30. The molecule has 0 amide bonds. The van der Waals surface area contributed by atoms with E-state index in [1.54, 1.807) is 0 Å². The van der Waals surface area contributed by atoms with Gasteiger partial charge in [-0.1, -0.05) is 23.4 Å². The monoisotopic (exact) mass is 433 g/mol. The Balaban J connectivity index is 1.60. The lowest BCUT2D eigenvalue weighted by Crippen LogP contribution is -2.31. The standard InChI is InChI=1S/C21H24ClN3O3S/c1-21(2,3)9-8-15-10-16(19(29-15)20(26)27)25-13-4-6-14(7-5-13)28-18-12-23-17(22)11-24-18/h10-14,25H,4-7H2,1-3H3,(H,26,27). The molecule has 154 valence electrons. The van der Waals surface area contributed by atoms with E-state index < -0.39 is 5.97 Å². The van der Waals surface area contributed by atoms with Crippen molar-refractivity contribution in [3.05, 3.63) is 33.4 Å². The lowest BCUT2D eigenvalue weighted by molar-refractivity contribution is 0.0703. The first-order valence-corrected chi connectivity index (χ1v) is 10.7. The number of hydrogen-bond donors (Lipinski definition) is 2. The van der Waals surface area contributed by atoms with Crippen LogP contribution in [0, 0.1) is 17.3 Å². The minimum absolute atomic E-state index is 0.0677. The fourth-order valence-electron chi connectivity index (χ4n) is 3.04. The molecule has 0 unspecified atom stereocenters. The van der Waals surface area contributed by atoms with E-state index in [-0.39, 0.29) is 17.6 Å². The zero-order valence-corrected chi connectivity index (χ0v) is 18.2. The molecular weight excluding hydrogens is 410 g/mol. The van der Waals surface area contributed by atoms with Crippen LogP contribution in [0.1, 0.15) is 61.0 Å². The zero-order valence-electron chi connectivity index (χ0n) is 16.7. The molecule has 1 aliphatic rings. The first kappa shape index (κ1) is 21.4. The van der Waals surface area contributed by atoms with E-state index in [2.05, 4.69) is 27.1 Å². The lowest BCUT2D eigenvalue weighted by atomic mass is 9.92. The van der Waals surface area contributed by atoms with Gasteiger partial charge < -0.3 is 15.2 Å². The highest BCUT2D eigenvalue weighted by Gasteiger charge is 2.25. The van der Waals surface area contributed by atoms with Gasteiger partial charge in [0.25, 0.3) is 0 Å². The van der Waals surface area contributed by atoms with Gasteiger partial charge in [0.2, 0.25) is 5.88 Å². The summed E-state index contributed by atoms with van der Waals surface area (Å²) >= 11 is 6.96. The van der Waals surface area contributed by atoms with Gasteiger partial charge in [-0.3, -0.25) is 0 Å². The van der Waals surface area contributed by atoms with Gasteiger partial charge in [-0.05, 0) is 52.5 Å². The molecule has 2 N–H and O–H groups in total. The summed E-state index contributed by atoms with van der Waals surface area (Å²) in [5.41, 5.74) is 0.516. The summed E-state index contributed by atoms with van der Waals surface area (Å²) in [6.07, 6.45) is 6.52. The summed E-state index contributed by atoms with van der Waals surface area (Å²) in [6.45, 7) is 6.09. The van der Waals surface area contributed by atoms with E-state index >= 15 is 0 Å². The van der Waals surface area contributed by atoms with Gasteiger partial charge in [0.1, 0.15) is 16.1 Å². The van der Waals surface area contributed by atoms with E-state index in [0.717, 1.165) is 30.6 Å². The molecule has 8 heteroatoms. The number of aromatic nitrogens is 2. The molecule has 0 aliphatic heterocycles. The van der Waals surface area contributed by atoms with Crippen LogP contribution in [0.3, 0.4) is 0 Å². The Morgan fingerprint density at radius 3 is 2.59 bits per heavy atom. The van der Waals surface area contributed by atoms with E-state index in [0.29, 0.717) is 21.6 Å². The fourth-order valence-corrected chi connectivity index (χ4v) is 3.96. The van der Waals surface area contributed by atoms with Crippen LogP contribution >= 0.6 is 22.9 Å². The zero-order chi connectivity index (χ0) is 21.0. The SMILES string of the molecule is CC(C)(C)C#Cc1cc(NC2CCC(Oc3cnc(Cl)cn3)CC2)c(C(=O)O)s1. The number of aromatic carboxylic acids is 1. The molecule has 0 bridgehead atoms. The van der Waals surface area contributed by atoms with Gasteiger partial charge in [0.05, 0.1) is 23.0 Å². The van der Waals surface area contributed by atoms with Gasteiger partial charge in [0.15, 0.2) is 0 Å². The van der Waals surface area contributed by atoms with E-state index in [4.69, 9.17) is 16.3 Å². The molecule has 1 fully saturated rings. The number of anilines is 1. The number of ether oxygens (including phenoxy) is 1. The molecule has 0 spiro atoms. The van der Waals surface area contributed by atoms with E-state index in [1.165, 1.54) is 23.7 Å². The number of rotatable bonds is 5. The first-order chi connectivity index (χ1) is 13.7. The third-order valence-corrected chi connectivity index (χ3v) is 5.64. The van der Waals surface area contributed by atoms with Gasteiger partial charge in [-0.25, -0.2) is 14.8 Å². The molecule has 0 atom stereocenters. The van der Waals surface area contributed by atoms with Crippen molar-refractivity contribution in [3.8, 4) is 17.7 Å². The van der Waals surface area contributed by atoms with Crippen molar-refractivity contribution in [3.63, 3.8) is 0 Å². The molecule has 2 heterocycles. The molecule has 2 aromatic heterocycles. The summed E-state index contributed by atoms with van der Waals surface area (Å²) in [6, 6.07) is 2.04. The quantitative estimate of drug-likeness (QED) is 0.639. The van der Waals surface area contributed by atoms with Crippen LogP contribution in [-0.2, 0) is 0 Å².